The maximum Gasteiger partial charge on any atom is 0.331 e. The second-order valence-corrected chi connectivity index (χ2v) is 10.3. The number of carbonyl (C=O) groups is 3. The van der Waals surface area contributed by atoms with Gasteiger partial charge in [-0.2, -0.15) is 0 Å². The maximum absolute atomic E-state index is 13.8. The average Bonchev–Trinajstić information content (AvgIpc) is 2.98. The lowest BCUT2D eigenvalue weighted by molar-refractivity contribution is -0.147. The first-order valence-electron chi connectivity index (χ1n) is 13.9. The predicted molar refractivity (Wildman–Crippen MR) is 166 cm³/mol. The third-order valence-corrected chi connectivity index (χ3v) is 7.12. The second-order valence-electron chi connectivity index (χ2n) is 10.3. The average molecular weight is 568 g/mol. The number of rotatable bonds is 10. The van der Waals surface area contributed by atoms with Gasteiger partial charge in [-0.25, -0.2) is 9.59 Å². The molecule has 4 aromatic carbocycles. The Balaban J connectivity index is 1.61. The van der Waals surface area contributed by atoms with Crippen molar-refractivity contribution in [1.29, 1.82) is 0 Å². The molecule has 3 amide bonds. The van der Waals surface area contributed by atoms with Crippen molar-refractivity contribution >= 4 is 40.1 Å². The van der Waals surface area contributed by atoms with Crippen molar-refractivity contribution in [3.8, 4) is 0 Å². The van der Waals surface area contributed by atoms with Gasteiger partial charge in [-0.3, -0.25) is 4.79 Å². The van der Waals surface area contributed by atoms with E-state index in [0.29, 0.717) is 17.8 Å². The summed E-state index contributed by atoms with van der Waals surface area (Å²) in [6, 6.07) is 23.0. The van der Waals surface area contributed by atoms with E-state index >= 15 is 0 Å². The first kappa shape index (κ1) is 30.3. The molecule has 0 saturated carbocycles. The van der Waals surface area contributed by atoms with Gasteiger partial charge in [-0.1, -0.05) is 79.2 Å². The Hall–Kier alpha value is -4.69. The summed E-state index contributed by atoms with van der Waals surface area (Å²) in [5.41, 5.74) is 5.11. The SMILES string of the molecule is CC[C@@H](OCc1ccccc1)C(NC(=O)c1cc2ccccc2cc1NC(=O)Nc1c(C)cc(C)cc1C)C(=O)OC. The van der Waals surface area contributed by atoms with E-state index in [1.807, 2.05) is 94.4 Å². The summed E-state index contributed by atoms with van der Waals surface area (Å²) in [5.74, 6) is -1.17. The van der Waals surface area contributed by atoms with Crippen LogP contribution in [0.2, 0.25) is 0 Å². The molecule has 3 N–H and O–H groups in total. The smallest absolute Gasteiger partial charge is 0.331 e. The predicted octanol–water partition coefficient (Wildman–Crippen LogP) is 6.68. The molecular weight excluding hydrogens is 530 g/mol. The fourth-order valence-corrected chi connectivity index (χ4v) is 5.05. The van der Waals surface area contributed by atoms with Gasteiger partial charge in [0.05, 0.1) is 31.1 Å². The zero-order valence-electron chi connectivity index (χ0n) is 24.6. The van der Waals surface area contributed by atoms with Crippen molar-refractivity contribution in [2.75, 3.05) is 17.7 Å². The molecular formula is C34H37N3O5. The van der Waals surface area contributed by atoms with E-state index in [2.05, 4.69) is 16.0 Å². The van der Waals surface area contributed by atoms with Gasteiger partial charge in [0.1, 0.15) is 0 Å². The van der Waals surface area contributed by atoms with Crippen LogP contribution in [-0.4, -0.2) is 37.2 Å². The second kappa shape index (κ2) is 13.8. The molecule has 0 radical (unpaired) electrons. The number of hydrogen-bond donors (Lipinski definition) is 3. The van der Waals surface area contributed by atoms with Crippen LogP contribution in [0.25, 0.3) is 10.8 Å². The minimum Gasteiger partial charge on any atom is -0.467 e. The lowest BCUT2D eigenvalue weighted by atomic mass is 10.0. The van der Waals surface area contributed by atoms with Gasteiger partial charge < -0.3 is 25.4 Å². The van der Waals surface area contributed by atoms with Crippen molar-refractivity contribution in [3.63, 3.8) is 0 Å². The van der Waals surface area contributed by atoms with Crippen molar-refractivity contribution < 1.29 is 23.9 Å². The molecule has 0 aliphatic carbocycles. The Labute approximate surface area is 246 Å². The molecule has 0 bridgehead atoms. The number of amides is 3. The number of fused-ring (bicyclic) bond motifs is 1. The van der Waals surface area contributed by atoms with E-state index in [1.54, 1.807) is 12.1 Å². The van der Waals surface area contributed by atoms with E-state index < -0.39 is 30.1 Å². The third-order valence-electron chi connectivity index (χ3n) is 7.12. The van der Waals surface area contributed by atoms with Gasteiger partial charge >= 0.3 is 12.0 Å². The number of urea groups is 1. The molecule has 0 saturated heterocycles. The summed E-state index contributed by atoms with van der Waals surface area (Å²) in [5, 5.41) is 10.2. The van der Waals surface area contributed by atoms with Crippen LogP contribution in [-0.2, 0) is 20.9 Å². The molecule has 0 aliphatic rings. The Kier molecular flexibility index (Phi) is 9.93. The summed E-state index contributed by atoms with van der Waals surface area (Å²) < 4.78 is 11.1. The zero-order chi connectivity index (χ0) is 30.2. The molecule has 8 heteroatoms. The molecule has 0 spiro atoms. The number of hydrogen-bond acceptors (Lipinski definition) is 5. The number of anilines is 2. The molecule has 218 valence electrons. The van der Waals surface area contributed by atoms with E-state index in [-0.39, 0.29) is 12.2 Å². The lowest BCUT2D eigenvalue weighted by Crippen LogP contribution is -2.50. The summed E-state index contributed by atoms with van der Waals surface area (Å²) in [7, 11) is 1.27. The summed E-state index contributed by atoms with van der Waals surface area (Å²) in [6.07, 6.45) is -0.192. The van der Waals surface area contributed by atoms with Gasteiger partial charge in [-0.15, -0.1) is 0 Å². The lowest BCUT2D eigenvalue weighted by Gasteiger charge is -2.26. The molecule has 0 aromatic heterocycles. The Morgan fingerprint density at radius 2 is 1.43 bits per heavy atom. The molecule has 0 fully saturated rings. The van der Waals surface area contributed by atoms with Crippen LogP contribution in [0.5, 0.6) is 0 Å². The quantitative estimate of drug-likeness (QED) is 0.186. The van der Waals surface area contributed by atoms with E-state index in [1.165, 1.54) is 7.11 Å². The molecule has 4 aromatic rings. The number of esters is 1. The van der Waals surface area contributed by atoms with Crippen LogP contribution in [0.1, 0.15) is 46.0 Å². The number of carbonyl (C=O) groups excluding carboxylic acids is 3. The zero-order valence-corrected chi connectivity index (χ0v) is 24.6. The third kappa shape index (κ3) is 7.33. The van der Waals surface area contributed by atoms with Crippen LogP contribution in [0.15, 0.2) is 78.9 Å². The highest BCUT2D eigenvalue weighted by molar-refractivity contribution is 6.10. The highest BCUT2D eigenvalue weighted by atomic mass is 16.5. The largest absolute Gasteiger partial charge is 0.467 e. The van der Waals surface area contributed by atoms with Gasteiger partial charge in [-0.05, 0) is 66.8 Å². The van der Waals surface area contributed by atoms with Gasteiger partial charge in [0, 0.05) is 5.69 Å². The number of methoxy groups -OCH3 is 1. The summed E-state index contributed by atoms with van der Waals surface area (Å²) in [6.45, 7) is 8.01. The fourth-order valence-electron chi connectivity index (χ4n) is 5.05. The van der Waals surface area contributed by atoms with Crippen LogP contribution in [0.4, 0.5) is 16.2 Å². The first-order valence-corrected chi connectivity index (χ1v) is 13.9. The van der Waals surface area contributed by atoms with Crippen molar-refractivity contribution in [1.82, 2.24) is 5.32 Å². The van der Waals surface area contributed by atoms with Crippen LogP contribution >= 0.6 is 0 Å². The minimum atomic E-state index is -1.07. The van der Waals surface area contributed by atoms with Crippen LogP contribution < -0.4 is 16.0 Å². The summed E-state index contributed by atoms with van der Waals surface area (Å²) in [4.78, 5) is 39.8. The van der Waals surface area contributed by atoms with E-state index in [4.69, 9.17) is 9.47 Å². The minimum absolute atomic E-state index is 0.202. The number of nitrogens with one attached hydrogen (secondary N) is 3. The Morgan fingerprint density at radius 3 is 2.05 bits per heavy atom. The molecule has 0 aliphatic heterocycles. The fraction of sp³-hybridized carbons (Fsp3) is 0.265. The number of ether oxygens (including phenoxy) is 2. The van der Waals surface area contributed by atoms with E-state index in [0.717, 1.165) is 33.0 Å². The van der Waals surface area contributed by atoms with Crippen molar-refractivity contribution in [3.05, 3.63) is 107 Å². The van der Waals surface area contributed by atoms with Crippen LogP contribution in [0.3, 0.4) is 0 Å². The Bertz CT molecular complexity index is 1560. The maximum atomic E-state index is 13.8. The van der Waals surface area contributed by atoms with Crippen molar-refractivity contribution in [2.45, 2.75) is 52.9 Å². The number of aryl methyl sites for hydroxylation is 3. The highest BCUT2D eigenvalue weighted by Gasteiger charge is 2.32. The molecule has 42 heavy (non-hydrogen) atoms. The standard InChI is InChI=1S/C34H37N3O5/c1-6-29(42-20-24-12-8-7-9-13-24)31(33(39)41-5)36-32(38)27-18-25-14-10-11-15-26(25)19-28(27)35-34(40)37-30-22(3)16-21(2)17-23(30)4/h7-19,29,31H,6,20H2,1-5H3,(H,36,38)(H2,35,37,40)/t29-,31?/m1/s1. The van der Waals surface area contributed by atoms with E-state index in [9.17, 15) is 14.4 Å². The molecule has 1 unspecified atom stereocenters. The van der Waals surface area contributed by atoms with Gasteiger partial charge in [0.25, 0.3) is 5.91 Å². The molecule has 0 heterocycles. The van der Waals surface area contributed by atoms with Gasteiger partial charge in [0.15, 0.2) is 6.04 Å². The first-order chi connectivity index (χ1) is 20.2. The topological polar surface area (TPSA) is 106 Å². The highest BCUT2D eigenvalue weighted by Crippen LogP contribution is 2.26. The number of benzene rings is 4. The summed E-state index contributed by atoms with van der Waals surface area (Å²) >= 11 is 0. The molecule has 8 nitrogen and oxygen atoms in total. The van der Waals surface area contributed by atoms with Crippen LogP contribution in [0, 0.1) is 20.8 Å². The normalized spacial score (nSPS) is 12.3. The molecule has 4 rings (SSSR count). The molecule has 2 atom stereocenters. The van der Waals surface area contributed by atoms with Crippen molar-refractivity contribution in [2.24, 2.45) is 0 Å². The monoisotopic (exact) mass is 567 g/mol. The van der Waals surface area contributed by atoms with Gasteiger partial charge in [0.2, 0.25) is 0 Å². The Morgan fingerprint density at radius 1 is 0.810 bits per heavy atom.